The Balaban J connectivity index is 2.00. The third-order valence-electron chi connectivity index (χ3n) is 2.34. The van der Waals surface area contributed by atoms with Crippen LogP contribution in [0, 0.1) is 11.6 Å². The molecule has 0 atom stereocenters. The number of carbonyl (C=O) groups is 1. The first-order chi connectivity index (χ1) is 9.08. The molecular weight excluding hydrogens is 258 g/mol. The van der Waals surface area contributed by atoms with Crippen molar-refractivity contribution in [2.75, 3.05) is 12.3 Å². The third-order valence-corrected chi connectivity index (χ3v) is 2.34. The van der Waals surface area contributed by atoms with Crippen molar-refractivity contribution < 1.29 is 18.1 Å². The lowest BCUT2D eigenvalue weighted by Crippen LogP contribution is -2.27. The number of halogens is 2. The molecule has 6 nitrogen and oxygen atoms in total. The summed E-state index contributed by atoms with van der Waals surface area (Å²) in [7, 11) is 0. The minimum absolute atomic E-state index is 0.150. The van der Waals surface area contributed by atoms with E-state index in [0.717, 1.165) is 12.1 Å². The minimum Gasteiger partial charge on any atom is -0.396 e. The van der Waals surface area contributed by atoms with Gasteiger partial charge in [0.2, 0.25) is 5.89 Å². The van der Waals surface area contributed by atoms with Gasteiger partial charge >= 0.3 is 0 Å². The summed E-state index contributed by atoms with van der Waals surface area (Å²) in [5, 5.41) is 5.79. The van der Waals surface area contributed by atoms with Gasteiger partial charge in [-0.1, -0.05) is 5.16 Å². The van der Waals surface area contributed by atoms with Crippen molar-refractivity contribution >= 4 is 11.6 Å². The van der Waals surface area contributed by atoms with E-state index in [1.165, 1.54) is 6.33 Å². The van der Waals surface area contributed by atoms with Crippen LogP contribution in [0.2, 0.25) is 0 Å². The maximum atomic E-state index is 13.5. The van der Waals surface area contributed by atoms with Crippen LogP contribution in [0.3, 0.4) is 0 Å². The second-order valence-electron chi connectivity index (χ2n) is 3.70. The number of nitrogens with one attached hydrogen (secondary N) is 1. The molecule has 3 N–H and O–H groups in total. The Hall–Kier alpha value is -2.51. The Kier molecular flexibility index (Phi) is 3.69. The molecule has 2 aromatic rings. The van der Waals surface area contributed by atoms with Gasteiger partial charge in [-0.3, -0.25) is 4.79 Å². The topological polar surface area (TPSA) is 94.0 Å². The van der Waals surface area contributed by atoms with Gasteiger partial charge in [0.25, 0.3) is 5.91 Å². The van der Waals surface area contributed by atoms with Crippen molar-refractivity contribution in [1.82, 2.24) is 15.5 Å². The van der Waals surface area contributed by atoms with E-state index in [-0.39, 0.29) is 13.0 Å². The van der Waals surface area contributed by atoms with Gasteiger partial charge in [-0.15, -0.1) is 0 Å². The Bertz CT molecular complexity index is 587. The third kappa shape index (κ3) is 3.03. The number of aromatic nitrogens is 2. The molecule has 1 aromatic carbocycles. The number of carbonyl (C=O) groups excluding carboxylic acids is 1. The first kappa shape index (κ1) is 12.9. The maximum absolute atomic E-state index is 13.5. The van der Waals surface area contributed by atoms with Gasteiger partial charge in [-0.25, -0.2) is 8.78 Å². The molecule has 0 unspecified atom stereocenters. The van der Waals surface area contributed by atoms with Gasteiger partial charge in [0.15, 0.2) is 12.1 Å². The smallest absolute Gasteiger partial charge is 0.254 e. The molecule has 0 saturated carbocycles. The highest BCUT2D eigenvalue weighted by Crippen LogP contribution is 2.17. The molecule has 19 heavy (non-hydrogen) atoms. The lowest BCUT2D eigenvalue weighted by Gasteiger charge is -2.06. The van der Waals surface area contributed by atoms with Gasteiger partial charge < -0.3 is 15.6 Å². The Morgan fingerprint density at radius 2 is 2.21 bits per heavy atom. The van der Waals surface area contributed by atoms with Crippen molar-refractivity contribution in [2.24, 2.45) is 0 Å². The van der Waals surface area contributed by atoms with Crippen LogP contribution in [0.25, 0.3) is 0 Å². The van der Waals surface area contributed by atoms with E-state index in [9.17, 15) is 13.6 Å². The van der Waals surface area contributed by atoms with Crippen LogP contribution in [-0.2, 0) is 6.42 Å². The number of benzene rings is 1. The fourth-order valence-electron chi connectivity index (χ4n) is 1.46. The predicted molar refractivity (Wildman–Crippen MR) is 61.1 cm³/mol. The molecule has 0 aliphatic rings. The monoisotopic (exact) mass is 268 g/mol. The largest absolute Gasteiger partial charge is 0.396 e. The molecule has 8 heteroatoms. The summed E-state index contributed by atoms with van der Waals surface area (Å²) in [6.45, 7) is 0.150. The van der Waals surface area contributed by atoms with E-state index in [2.05, 4.69) is 15.5 Å². The summed E-state index contributed by atoms with van der Waals surface area (Å²) >= 11 is 0. The number of nitrogens with two attached hydrogens (primary N) is 1. The molecule has 0 fully saturated rings. The van der Waals surface area contributed by atoms with Crippen molar-refractivity contribution in [3.05, 3.63) is 41.5 Å². The molecule has 2 rings (SSSR count). The number of anilines is 1. The van der Waals surface area contributed by atoms with E-state index in [1.54, 1.807) is 0 Å². The van der Waals surface area contributed by atoms with E-state index in [4.69, 9.17) is 10.3 Å². The summed E-state index contributed by atoms with van der Waals surface area (Å²) in [6.07, 6.45) is 1.52. The van der Waals surface area contributed by atoms with E-state index in [1.807, 2.05) is 0 Å². The second-order valence-corrected chi connectivity index (χ2v) is 3.70. The summed E-state index contributed by atoms with van der Waals surface area (Å²) < 4.78 is 31.3. The number of nitrogen functional groups attached to an aromatic ring is 1. The molecule has 0 aliphatic carbocycles. The van der Waals surface area contributed by atoms with Gasteiger partial charge in [0.05, 0.1) is 11.3 Å². The lowest BCUT2D eigenvalue weighted by molar-refractivity contribution is 0.0949. The highest BCUT2D eigenvalue weighted by molar-refractivity contribution is 5.95. The summed E-state index contributed by atoms with van der Waals surface area (Å²) in [6, 6.07) is 1.60. The van der Waals surface area contributed by atoms with E-state index in [0.29, 0.717) is 5.89 Å². The molecule has 1 aromatic heterocycles. The number of hydrogen-bond donors (Lipinski definition) is 2. The second kappa shape index (κ2) is 5.42. The molecular formula is C11H10F2N4O2. The fraction of sp³-hybridized carbons (Fsp3) is 0.182. The zero-order valence-electron chi connectivity index (χ0n) is 9.69. The molecule has 1 amide bonds. The summed E-state index contributed by atoms with van der Waals surface area (Å²) in [5.74, 6) is -2.15. The normalized spacial score (nSPS) is 10.4. The van der Waals surface area contributed by atoms with Crippen LogP contribution in [-0.4, -0.2) is 22.6 Å². The number of amides is 1. The average molecular weight is 268 g/mol. The van der Waals surface area contributed by atoms with E-state index < -0.39 is 28.8 Å². The van der Waals surface area contributed by atoms with Gasteiger partial charge in [0, 0.05) is 13.0 Å². The highest BCUT2D eigenvalue weighted by Gasteiger charge is 2.15. The molecule has 0 spiro atoms. The quantitative estimate of drug-likeness (QED) is 0.803. The Morgan fingerprint density at radius 1 is 1.42 bits per heavy atom. The SMILES string of the molecule is Nc1cc(F)cc(C(=O)NCCc2ncno2)c1F. The van der Waals surface area contributed by atoms with Gasteiger partial charge in [-0.2, -0.15) is 4.98 Å². The summed E-state index contributed by atoms with van der Waals surface area (Å²) in [4.78, 5) is 15.4. The van der Waals surface area contributed by atoms with Gasteiger partial charge in [0.1, 0.15) is 5.82 Å². The van der Waals surface area contributed by atoms with E-state index >= 15 is 0 Å². The van der Waals surface area contributed by atoms with Crippen LogP contribution in [0.15, 0.2) is 23.0 Å². The molecule has 100 valence electrons. The van der Waals surface area contributed by atoms with Crippen LogP contribution in [0.1, 0.15) is 16.2 Å². The van der Waals surface area contributed by atoms with Gasteiger partial charge in [-0.05, 0) is 12.1 Å². The highest BCUT2D eigenvalue weighted by atomic mass is 19.1. The Labute approximate surface area is 106 Å². The zero-order chi connectivity index (χ0) is 13.8. The molecule has 0 radical (unpaired) electrons. The Morgan fingerprint density at radius 3 is 2.89 bits per heavy atom. The van der Waals surface area contributed by atoms with Crippen molar-refractivity contribution in [1.29, 1.82) is 0 Å². The maximum Gasteiger partial charge on any atom is 0.254 e. The predicted octanol–water partition coefficient (Wildman–Crippen LogP) is 0.903. The molecule has 1 heterocycles. The van der Waals surface area contributed by atoms with Crippen LogP contribution < -0.4 is 11.1 Å². The standard InChI is InChI=1S/C11H10F2N4O2/c12-6-3-7(10(13)8(14)4-6)11(18)15-2-1-9-16-5-17-19-9/h3-5H,1-2,14H2,(H,15,18). The average Bonchev–Trinajstić information content (AvgIpc) is 2.86. The van der Waals surface area contributed by atoms with Crippen molar-refractivity contribution in [3.63, 3.8) is 0 Å². The lowest BCUT2D eigenvalue weighted by atomic mass is 10.1. The number of rotatable bonds is 4. The minimum atomic E-state index is -0.948. The summed E-state index contributed by atoms with van der Waals surface area (Å²) in [5.41, 5.74) is 4.38. The first-order valence-corrected chi connectivity index (χ1v) is 5.36. The molecule has 0 aliphatic heterocycles. The number of hydrogen-bond acceptors (Lipinski definition) is 5. The van der Waals surface area contributed by atoms with Crippen LogP contribution >= 0.6 is 0 Å². The molecule has 0 saturated heterocycles. The fourth-order valence-corrected chi connectivity index (χ4v) is 1.46. The molecule has 0 bridgehead atoms. The van der Waals surface area contributed by atoms with Crippen molar-refractivity contribution in [3.8, 4) is 0 Å². The van der Waals surface area contributed by atoms with Crippen LogP contribution in [0.4, 0.5) is 14.5 Å². The van der Waals surface area contributed by atoms with Crippen molar-refractivity contribution in [2.45, 2.75) is 6.42 Å². The van der Waals surface area contributed by atoms with Crippen LogP contribution in [0.5, 0.6) is 0 Å². The number of nitrogens with zero attached hydrogens (tertiary/aromatic N) is 2. The first-order valence-electron chi connectivity index (χ1n) is 5.36. The zero-order valence-corrected chi connectivity index (χ0v) is 9.69.